The standard InChI is InChI=1S/C23H21ClN4O4/c24-14-8-4-7-13-19(14)26-22(32)23(13)18-17(15(27-23)11-16(25)29)20(30)28(21(18)31)10-9-12-5-2-1-3-6-12/h1-8,15,17-18,27H,9-11H2,(H2,25,29)(H,26,32)/t15?,17-,18+,23?/m1/s1. The Morgan fingerprint density at radius 1 is 1.06 bits per heavy atom. The van der Waals surface area contributed by atoms with Crippen LogP contribution in [0, 0.1) is 11.8 Å². The van der Waals surface area contributed by atoms with Gasteiger partial charge in [-0.1, -0.05) is 54.1 Å². The van der Waals surface area contributed by atoms with Crippen LogP contribution in [0.15, 0.2) is 48.5 Å². The Labute approximate surface area is 189 Å². The number of fused-ring (bicyclic) bond motifs is 4. The molecule has 2 unspecified atom stereocenters. The number of hydrogen-bond donors (Lipinski definition) is 3. The normalized spacial score (nSPS) is 28.2. The molecule has 0 saturated carbocycles. The Morgan fingerprint density at radius 2 is 1.81 bits per heavy atom. The van der Waals surface area contributed by atoms with E-state index in [9.17, 15) is 19.2 Å². The monoisotopic (exact) mass is 452 g/mol. The van der Waals surface area contributed by atoms with Gasteiger partial charge >= 0.3 is 0 Å². The molecule has 4 atom stereocenters. The first-order chi connectivity index (χ1) is 15.3. The maximum absolute atomic E-state index is 13.6. The van der Waals surface area contributed by atoms with Gasteiger partial charge in [-0.25, -0.2) is 0 Å². The molecule has 2 aromatic rings. The summed E-state index contributed by atoms with van der Waals surface area (Å²) in [4.78, 5) is 53.2. The first-order valence-electron chi connectivity index (χ1n) is 10.4. The second-order valence-corrected chi connectivity index (χ2v) is 8.82. The summed E-state index contributed by atoms with van der Waals surface area (Å²) in [5.41, 5.74) is 5.85. The summed E-state index contributed by atoms with van der Waals surface area (Å²) in [6.45, 7) is 0.193. The molecule has 164 valence electrons. The van der Waals surface area contributed by atoms with Crippen LogP contribution >= 0.6 is 11.6 Å². The lowest BCUT2D eigenvalue weighted by molar-refractivity contribution is -0.142. The van der Waals surface area contributed by atoms with E-state index in [1.807, 2.05) is 30.3 Å². The summed E-state index contributed by atoms with van der Waals surface area (Å²) >= 11 is 6.29. The van der Waals surface area contributed by atoms with E-state index in [-0.39, 0.29) is 13.0 Å². The number of anilines is 1. The van der Waals surface area contributed by atoms with E-state index in [0.717, 1.165) is 5.56 Å². The topological polar surface area (TPSA) is 122 Å². The second kappa shape index (κ2) is 7.43. The van der Waals surface area contributed by atoms with Crippen LogP contribution in [-0.2, 0) is 31.1 Å². The number of likely N-dealkylation sites (tertiary alicyclic amines) is 1. The van der Waals surface area contributed by atoms with Crippen molar-refractivity contribution >= 4 is 40.9 Å². The van der Waals surface area contributed by atoms with Crippen LogP contribution in [0.4, 0.5) is 5.69 Å². The van der Waals surface area contributed by atoms with Crippen LogP contribution in [0.3, 0.4) is 0 Å². The SMILES string of the molecule is NC(=O)CC1NC2(C(=O)Nc3c(Cl)cccc32)[C@@H]2C(=O)N(CCc3ccccc3)C(=O)[C@H]12. The van der Waals surface area contributed by atoms with Gasteiger partial charge in [0.2, 0.25) is 23.6 Å². The molecule has 0 aromatic heterocycles. The fraction of sp³-hybridized carbons (Fsp3) is 0.304. The molecule has 9 heteroatoms. The van der Waals surface area contributed by atoms with Crippen molar-refractivity contribution in [2.75, 3.05) is 11.9 Å². The fourth-order valence-corrected chi connectivity index (χ4v) is 5.57. The lowest BCUT2D eigenvalue weighted by Crippen LogP contribution is -2.53. The van der Waals surface area contributed by atoms with E-state index in [2.05, 4.69) is 10.6 Å². The molecule has 2 saturated heterocycles. The molecule has 3 heterocycles. The predicted molar refractivity (Wildman–Crippen MR) is 116 cm³/mol. The van der Waals surface area contributed by atoms with Gasteiger partial charge in [0, 0.05) is 24.6 Å². The molecule has 2 aromatic carbocycles. The third kappa shape index (κ3) is 2.87. The number of hydrogen-bond acceptors (Lipinski definition) is 5. The molecular formula is C23H21ClN4O4. The van der Waals surface area contributed by atoms with Gasteiger partial charge in [0.15, 0.2) is 0 Å². The maximum atomic E-state index is 13.6. The van der Waals surface area contributed by atoms with Gasteiger partial charge in [0.25, 0.3) is 0 Å². The molecule has 3 aliphatic rings. The first kappa shape index (κ1) is 20.7. The van der Waals surface area contributed by atoms with Gasteiger partial charge in [0.05, 0.1) is 22.5 Å². The van der Waals surface area contributed by atoms with Crippen molar-refractivity contribution in [1.82, 2.24) is 10.2 Å². The van der Waals surface area contributed by atoms with E-state index < -0.39 is 47.0 Å². The molecule has 4 amide bonds. The molecule has 2 fully saturated rings. The summed E-state index contributed by atoms with van der Waals surface area (Å²) in [6.07, 6.45) is 0.324. The Morgan fingerprint density at radius 3 is 2.53 bits per heavy atom. The predicted octanol–water partition coefficient (Wildman–Crippen LogP) is 1.18. The van der Waals surface area contributed by atoms with Crippen LogP contribution in [0.5, 0.6) is 0 Å². The van der Waals surface area contributed by atoms with E-state index >= 15 is 0 Å². The lowest BCUT2D eigenvalue weighted by Gasteiger charge is -2.29. The number of nitrogens with zero attached hydrogens (tertiary/aromatic N) is 1. The second-order valence-electron chi connectivity index (χ2n) is 8.41. The van der Waals surface area contributed by atoms with Crippen molar-refractivity contribution in [3.05, 3.63) is 64.7 Å². The third-order valence-corrected chi connectivity index (χ3v) is 6.99. The zero-order valence-corrected chi connectivity index (χ0v) is 17.8. The first-order valence-corrected chi connectivity index (χ1v) is 10.8. The quantitative estimate of drug-likeness (QED) is 0.588. The molecule has 0 bridgehead atoms. The van der Waals surface area contributed by atoms with E-state index in [4.69, 9.17) is 17.3 Å². The number of nitrogens with one attached hydrogen (secondary N) is 2. The molecule has 1 spiro atoms. The minimum Gasteiger partial charge on any atom is -0.370 e. The molecule has 4 N–H and O–H groups in total. The Balaban J connectivity index is 1.55. The number of nitrogens with two attached hydrogens (primary N) is 1. The van der Waals surface area contributed by atoms with Crippen LogP contribution < -0.4 is 16.4 Å². The Kier molecular flexibility index (Phi) is 4.79. The van der Waals surface area contributed by atoms with E-state index in [0.29, 0.717) is 22.7 Å². The smallest absolute Gasteiger partial charge is 0.250 e. The number of carbonyl (C=O) groups is 4. The maximum Gasteiger partial charge on any atom is 0.250 e. The highest BCUT2D eigenvalue weighted by atomic mass is 35.5. The number of benzene rings is 2. The molecule has 0 radical (unpaired) electrons. The van der Waals surface area contributed by atoms with Gasteiger partial charge in [-0.3, -0.25) is 29.4 Å². The zero-order valence-electron chi connectivity index (χ0n) is 17.0. The van der Waals surface area contributed by atoms with Crippen LogP contribution in [0.2, 0.25) is 5.02 Å². The summed E-state index contributed by atoms with van der Waals surface area (Å²) in [5, 5.41) is 6.24. The average Bonchev–Trinajstić information content (AvgIpc) is 3.33. The van der Waals surface area contributed by atoms with Crippen molar-refractivity contribution in [3.63, 3.8) is 0 Å². The number of carbonyl (C=O) groups excluding carboxylic acids is 4. The molecule has 3 aliphatic heterocycles. The molecule has 5 rings (SSSR count). The third-order valence-electron chi connectivity index (χ3n) is 6.68. The largest absolute Gasteiger partial charge is 0.370 e. The molecular weight excluding hydrogens is 432 g/mol. The van der Waals surface area contributed by atoms with Crippen LogP contribution in [0.1, 0.15) is 17.5 Å². The van der Waals surface area contributed by atoms with Crippen molar-refractivity contribution in [2.24, 2.45) is 17.6 Å². The zero-order chi connectivity index (χ0) is 22.6. The van der Waals surface area contributed by atoms with Gasteiger partial charge in [-0.15, -0.1) is 0 Å². The number of imide groups is 1. The van der Waals surface area contributed by atoms with E-state index in [1.54, 1.807) is 18.2 Å². The summed E-state index contributed by atoms with van der Waals surface area (Å²) < 4.78 is 0. The minimum absolute atomic E-state index is 0.169. The highest BCUT2D eigenvalue weighted by Crippen LogP contribution is 2.54. The molecule has 0 aliphatic carbocycles. The molecule has 32 heavy (non-hydrogen) atoms. The fourth-order valence-electron chi connectivity index (χ4n) is 5.35. The van der Waals surface area contributed by atoms with Crippen molar-refractivity contribution in [3.8, 4) is 0 Å². The van der Waals surface area contributed by atoms with Crippen molar-refractivity contribution in [2.45, 2.75) is 24.4 Å². The highest BCUT2D eigenvalue weighted by molar-refractivity contribution is 6.35. The number of halogens is 1. The van der Waals surface area contributed by atoms with Crippen molar-refractivity contribution < 1.29 is 19.2 Å². The van der Waals surface area contributed by atoms with Crippen molar-refractivity contribution in [1.29, 1.82) is 0 Å². The van der Waals surface area contributed by atoms with Crippen LogP contribution in [-0.4, -0.2) is 41.1 Å². The van der Waals surface area contributed by atoms with E-state index in [1.165, 1.54) is 4.90 Å². The summed E-state index contributed by atoms with van der Waals surface area (Å²) in [6, 6.07) is 13.8. The molecule has 8 nitrogen and oxygen atoms in total. The number of primary amides is 1. The average molecular weight is 453 g/mol. The minimum atomic E-state index is -1.49. The number of para-hydroxylation sites is 1. The summed E-state index contributed by atoms with van der Waals surface area (Å²) in [5.74, 6) is -3.77. The highest BCUT2D eigenvalue weighted by Gasteiger charge is 2.70. The Bertz CT molecular complexity index is 1150. The van der Waals surface area contributed by atoms with Crippen LogP contribution in [0.25, 0.3) is 0 Å². The number of amides is 4. The van der Waals surface area contributed by atoms with Gasteiger partial charge in [0.1, 0.15) is 5.54 Å². The lowest BCUT2D eigenvalue weighted by atomic mass is 9.76. The summed E-state index contributed by atoms with van der Waals surface area (Å²) in [7, 11) is 0. The van der Waals surface area contributed by atoms with Gasteiger partial charge in [-0.2, -0.15) is 0 Å². The van der Waals surface area contributed by atoms with Gasteiger partial charge < -0.3 is 11.1 Å². The number of rotatable bonds is 5. The Hall–Kier alpha value is -3.23. The van der Waals surface area contributed by atoms with Gasteiger partial charge in [-0.05, 0) is 18.1 Å².